The van der Waals surface area contributed by atoms with Crippen molar-refractivity contribution < 1.29 is 22.7 Å². The van der Waals surface area contributed by atoms with Crippen molar-refractivity contribution in [2.24, 2.45) is 0 Å². The van der Waals surface area contributed by atoms with Gasteiger partial charge < -0.3 is 15.0 Å². The molecule has 1 heterocycles. The first-order chi connectivity index (χ1) is 15.3. The Balaban J connectivity index is 1.36. The number of morpholine rings is 1. The van der Waals surface area contributed by atoms with E-state index in [9.17, 15) is 18.0 Å². The molecule has 168 valence electrons. The molecule has 7 heteroatoms. The van der Waals surface area contributed by atoms with E-state index in [4.69, 9.17) is 4.74 Å². The molecule has 0 aromatic heterocycles. The fourth-order valence-corrected chi connectivity index (χ4v) is 4.02. The maximum atomic E-state index is 12.8. The van der Waals surface area contributed by atoms with Gasteiger partial charge in [0.25, 0.3) is 0 Å². The molecule has 0 spiro atoms. The lowest BCUT2D eigenvalue weighted by molar-refractivity contribution is -0.149. The molecule has 0 bridgehead atoms. The molecular weight excluding hydrogens is 417 g/mol. The highest BCUT2D eigenvalue weighted by atomic mass is 19.4. The van der Waals surface area contributed by atoms with Gasteiger partial charge in [0.05, 0.1) is 11.7 Å². The zero-order valence-electron chi connectivity index (χ0n) is 17.7. The van der Waals surface area contributed by atoms with E-state index in [2.05, 4.69) is 36.5 Å². The van der Waals surface area contributed by atoms with Crippen LogP contribution in [0.25, 0.3) is 10.8 Å². The standard InChI is InChI=1S/C25H25F3N2O2/c1-17(22-8-4-6-19-5-2-3-7-23(19)22)29-13-21-15-30(24(31)16-32-21)14-18-9-11-20(12-10-18)25(26,27)28/h2-12,17,21,29H,13-16H2,1H3/t17-,21?/m1/s1. The van der Waals surface area contributed by atoms with Crippen molar-refractivity contribution in [3.8, 4) is 0 Å². The first-order valence-electron chi connectivity index (χ1n) is 10.6. The van der Waals surface area contributed by atoms with Crippen molar-refractivity contribution in [1.82, 2.24) is 10.2 Å². The molecule has 4 rings (SSSR count). The molecule has 32 heavy (non-hydrogen) atoms. The number of fused-ring (bicyclic) bond motifs is 1. The third-order valence-corrected chi connectivity index (χ3v) is 5.82. The molecule has 0 saturated carbocycles. The molecule has 3 aromatic carbocycles. The molecule has 0 radical (unpaired) electrons. The van der Waals surface area contributed by atoms with E-state index in [1.165, 1.54) is 28.5 Å². The van der Waals surface area contributed by atoms with Crippen molar-refractivity contribution in [1.29, 1.82) is 0 Å². The number of benzene rings is 3. The number of rotatable bonds is 6. The van der Waals surface area contributed by atoms with Crippen LogP contribution in [0.15, 0.2) is 66.7 Å². The Morgan fingerprint density at radius 2 is 1.78 bits per heavy atom. The van der Waals surface area contributed by atoms with Crippen molar-refractivity contribution in [3.05, 3.63) is 83.4 Å². The Labute approximate surface area is 185 Å². The number of amides is 1. The number of hydrogen-bond acceptors (Lipinski definition) is 3. The van der Waals surface area contributed by atoms with Gasteiger partial charge >= 0.3 is 6.18 Å². The second-order valence-electron chi connectivity index (χ2n) is 8.10. The average molecular weight is 442 g/mol. The fraction of sp³-hybridized carbons (Fsp3) is 0.320. The summed E-state index contributed by atoms with van der Waals surface area (Å²) in [6, 6.07) is 19.5. The molecule has 1 aliphatic rings. The van der Waals surface area contributed by atoms with E-state index in [0.717, 1.165) is 12.1 Å². The number of nitrogens with zero attached hydrogens (tertiary/aromatic N) is 1. The predicted molar refractivity (Wildman–Crippen MR) is 117 cm³/mol. The summed E-state index contributed by atoms with van der Waals surface area (Å²) in [5.41, 5.74) is 1.15. The van der Waals surface area contributed by atoms with Gasteiger partial charge in [-0.3, -0.25) is 4.79 Å². The van der Waals surface area contributed by atoms with Crippen LogP contribution >= 0.6 is 0 Å². The highest BCUT2D eigenvalue weighted by Crippen LogP contribution is 2.29. The summed E-state index contributed by atoms with van der Waals surface area (Å²) >= 11 is 0. The third-order valence-electron chi connectivity index (χ3n) is 5.82. The lowest BCUT2D eigenvalue weighted by Crippen LogP contribution is -2.49. The van der Waals surface area contributed by atoms with E-state index in [-0.39, 0.29) is 31.2 Å². The predicted octanol–water partition coefficient (Wildman–Crippen LogP) is 4.94. The SMILES string of the molecule is C[C@@H](NCC1CN(Cc2ccc(C(F)(F)F)cc2)C(=O)CO1)c1cccc2ccccc12. The van der Waals surface area contributed by atoms with E-state index in [0.29, 0.717) is 18.7 Å². The van der Waals surface area contributed by atoms with Crippen molar-refractivity contribution in [2.75, 3.05) is 19.7 Å². The molecule has 1 saturated heterocycles. The number of alkyl halides is 3. The molecule has 1 fully saturated rings. The first-order valence-corrected chi connectivity index (χ1v) is 10.6. The number of halogens is 3. The third kappa shape index (κ3) is 5.11. The Hall–Kier alpha value is -2.90. The van der Waals surface area contributed by atoms with E-state index in [1.54, 1.807) is 4.90 Å². The summed E-state index contributed by atoms with van der Waals surface area (Å²) in [4.78, 5) is 13.9. The van der Waals surface area contributed by atoms with Gasteiger partial charge in [-0.05, 0) is 41.0 Å². The second-order valence-corrected chi connectivity index (χ2v) is 8.10. The van der Waals surface area contributed by atoms with Crippen LogP contribution in [0.4, 0.5) is 13.2 Å². The maximum Gasteiger partial charge on any atom is 0.416 e. The van der Waals surface area contributed by atoms with Gasteiger partial charge in [0.1, 0.15) is 6.61 Å². The smallest absolute Gasteiger partial charge is 0.365 e. The Kier molecular flexibility index (Phi) is 6.48. The van der Waals surface area contributed by atoms with Crippen LogP contribution in [0.5, 0.6) is 0 Å². The Morgan fingerprint density at radius 1 is 1.06 bits per heavy atom. The largest absolute Gasteiger partial charge is 0.416 e. The van der Waals surface area contributed by atoms with Crippen LogP contribution in [0.2, 0.25) is 0 Å². The Morgan fingerprint density at radius 3 is 2.53 bits per heavy atom. The zero-order chi connectivity index (χ0) is 22.7. The zero-order valence-corrected chi connectivity index (χ0v) is 17.7. The molecular formula is C25H25F3N2O2. The van der Waals surface area contributed by atoms with Gasteiger partial charge in [-0.2, -0.15) is 13.2 Å². The average Bonchev–Trinajstić information content (AvgIpc) is 2.78. The number of carbonyl (C=O) groups is 1. The molecule has 1 aliphatic heterocycles. The molecule has 4 nitrogen and oxygen atoms in total. The summed E-state index contributed by atoms with van der Waals surface area (Å²) in [5.74, 6) is -0.164. The summed E-state index contributed by atoms with van der Waals surface area (Å²) in [6.07, 6.45) is -4.57. The van der Waals surface area contributed by atoms with Crippen LogP contribution in [0.1, 0.15) is 29.7 Å². The van der Waals surface area contributed by atoms with Crippen LogP contribution in [0, 0.1) is 0 Å². The summed E-state index contributed by atoms with van der Waals surface area (Å²) < 4.78 is 44.0. The van der Waals surface area contributed by atoms with Gasteiger partial charge in [0.2, 0.25) is 5.91 Å². The molecule has 2 atom stereocenters. The van der Waals surface area contributed by atoms with E-state index >= 15 is 0 Å². The van der Waals surface area contributed by atoms with E-state index in [1.807, 2.05) is 18.2 Å². The number of nitrogens with one attached hydrogen (secondary N) is 1. The van der Waals surface area contributed by atoms with Gasteiger partial charge in [0.15, 0.2) is 0 Å². The summed E-state index contributed by atoms with van der Waals surface area (Å²) in [5, 5.41) is 5.87. The first kappa shape index (κ1) is 22.3. The Bertz CT molecular complexity index is 1080. The summed E-state index contributed by atoms with van der Waals surface area (Å²) in [6.45, 7) is 3.26. The maximum absolute atomic E-state index is 12.8. The molecule has 1 unspecified atom stereocenters. The molecule has 1 amide bonds. The van der Waals surface area contributed by atoms with Gasteiger partial charge in [-0.15, -0.1) is 0 Å². The van der Waals surface area contributed by atoms with Crippen LogP contribution < -0.4 is 5.32 Å². The number of ether oxygens (including phenoxy) is 1. The minimum absolute atomic E-state index is 0.0321. The molecule has 1 N–H and O–H groups in total. The van der Waals surface area contributed by atoms with Crippen molar-refractivity contribution in [3.63, 3.8) is 0 Å². The van der Waals surface area contributed by atoms with E-state index < -0.39 is 11.7 Å². The van der Waals surface area contributed by atoms with Crippen molar-refractivity contribution >= 4 is 16.7 Å². The lowest BCUT2D eigenvalue weighted by Gasteiger charge is -2.33. The van der Waals surface area contributed by atoms with Gasteiger partial charge in [-0.1, -0.05) is 54.6 Å². The van der Waals surface area contributed by atoms with Crippen LogP contribution in [-0.2, 0) is 22.3 Å². The highest BCUT2D eigenvalue weighted by Gasteiger charge is 2.30. The minimum atomic E-state index is -4.37. The second kappa shape index (κ2) is 9.30. The molecule has 0 aliphatic carbocycles. The van der Waals surface area contributed by atoms with Crippen molar-refractivity contribution in [2.45, 2.75) is 31.8 Å². The van der Waals surface area contributed by atoms with Gasteiger partial charge in [-0.25, -0.2) is 0 Å². The number of carbonyl (C=O) groups excluding carboxylic acids is 1. The van der Waals surface area contributed by atoms with Crippen LogP contribution in [-0.4, -0.2) is 36.6 Å². The fourth-order valence-electron chi connectivity index (χ4n) is 4.02. The topological polar surface area (TPSA) is 41.6 Å². The van der Waals surface area contributed by atoms with Crippen LogP contribution in [0.3, 0.4) is 0 Å². The quantitative estimate of drug-likeness (QED) is 0.588. The number of hydrogen-bond donors (Lipinski definition) is 1. The normalized spacial score (nSPS) is 18.2. The summed E-state index contributed by atoms with van der Waals surface area (Å²) in [7, 11) is 0. The van der Waals surface area contributed by atoms with Gasteiger partial charge in [0, 0.05) is 25.7 Å². The lowest BCUT2D eigenvalue weighted by atomic mass is 9.99. The highest BCUT2D eigenvalue weighted by molar-refractivity contribution is 5.86. The monoisotopic (exact) mass is 442 g/mol. The minimum Gasteiger partial charge on any atom is -0.365 e. The molecule has 3 aromatic rings.